The molecule has 0 aromatic heterocycles. The fourth-order valence-electron chi connectivity index (χ4n) is 0.866. The van der Waals surface area contributed by atoms with E-state index in [0.29, 0.717) is 6.04 Å². The third-order valence-corrected chi connectivity index (χ3v) is 2.11. The summed E-state index contributed by atoms with van der Waals surface area (Å²) in [6.45, 7) is 8.36. The van der Waals surface area contributed by atoms with Gasteiger partial charge in [0.2, 0.25) is 0 Å². The van der Waals surface area contributed by atoms with Crippen molar-refractivity contribution in [2.75, 3.05) is 13.1 Å². The minimum Gasteiger partial charge on any atom is -0.329 e. The summed E-state index contributed by atoms with van der Waals surface area (Å²) in [7, 11) is 0. The topological polar surface area (TPSA) is 38.0 Å². The molecule has 0 heterocycles. The fourth-order valence-corrected chi connectivity index (χ4v) is 0.866. The van der Waals surface area contributed by atoms with Crippen LogP contribution in [-0.4, -0.2) is 19.1 Å². The Morgan fingerprint density at radius 2 is 2.00 bits per heavy atom. The van der Waals surface area contributed by atoms with Crippen LogP contribution < -0.4 is 11.1 Å². The molecule has 0 aliphatic rings. The molecule has 0 saturated heterocycles. The van der Waals surface area contributed by atoms with Crippen LogP contribution in [0.2, 0.25) is 0 Å². The Labute approximate surface area is 64.2 Å². The van der Waals surface area contributed by atoms with Gasteiger partial charge in [0.05, 0.1) is 0 Å². The van der Waals surface area contributed by atoms with Gasteiger partial charge >= 0.3 is 0 Å². The van der Waals surface area contributed by atoms with E-state index in [1.807, 2.05) is 0 Å². The average molecular weight is 144 g/mol. The van der Waals surface area contributed by atoms with E-state index in [1.165, 1.54) is 6.42 Å². The molecule has 0 aromatic carbocycles. The first kappa shape index (κ1) is 9.92. The molecule has 2 nitrogen and oxygen atoms in total. The van der Waals surface area contributed by atoms with Crippen molar-refractivity contribution in [1.29, 1.82) is 0 Å². The number of rotatable bonds is 5. The minimum absolute atomic E-state index is 0.605. The highest BCUT2D eigenvalue weighted by molar-refractivity contribution is 4.66. The lowest BCUT2D eigenvalue weighted by molar-refractivity contribution is 0.395. The van der Waals surface area contributed by atoms with Crippen LogP contribution in [0.3, 0.4) is 0 Å². The highest BCUT2D eigenvalue weighted by atomic mass is 14.9. The molecule has 10 heavy (non-hydrogen) atoms. The van der Waals surface area contributed by atoms with Crippen molar-refractivity contribution in [3.05, 3.63) is 0 Å². The summed E-state index contributed by atoms with van der Waals surface area (Å²) in [5.41, 5.74) is 5.36. The maximum atomic E-state index is 5.36. The van der Waals surface area contributed by atoms with E-state index in [2.05, 4.69) is 26.1 Å². The molecule has 0 bridgehead atoms. The van der Waals surface area contributed by atoms with Crippen molar-refractivity contribution in [2.24, 2.45) is 11.7 Å². The second-order valence-corrected chi connectivity index (χ2v) is 2.92. The first-order chi connectivity index (χ1) is 4.72. The maximum Gasteiger partial charge on any atom is 0.00770 e. The molecule has 0 saturated carbocycles. The summed E-state index contributed by atoms with van der Waals surface area (Å²) in [4.78, 5) is 0. The lowest BCUT2D eigenvalue weighted by Crippen LogP contribution is -2.35. The fraction of sp³-hybridized carbons (Fsp3) is 1.00. The Bertz CT molecular complexity index is 73.7. The molecule has 0 radical (unpaired) electrons. The molecular weight excluding hydrogens is 124 g/mol. The third-order valence-electron chi connectivity index (χ3n) is 2.11. The van der Waals surface area contributed by atoms with E-state index in [4.69, 9.17) is 5.73 Å². The number of nitrogens with two attached hydrogens (primary N) is 1. The van der Waals surface area contributed by atoms with Crippen molar-refractivity contribution in [3.8, 4) is 0 Å². The Morgan fingerprint density at radius 3 is 2.40 bits per heavy atom. The average Bonchev–Trinajstić information content (AvgIpc) is 1.98. The van der Waals surface area contributed by atoms with Crippen LogP contribution in [0.25, 0.3) is 0 Å². The largest absolute Gasteiger partial charge is 0.329 e. The Balaban J connectivity index is 3.31. The van der Waals surface area contributed by atoms with Crippen LogP contribution in [0.15, 0.2) is 0 Å². The van der Waals surface area contributed by atoms with E-state index in [1.54, 1.807) is 0 Å². The van der Waals surface area contributed by atoms with Gasteiger partial charge in [-0.05, 0) is 12.8 Å². The summed E-state index contributed by atoms with van der Waals surface area (Å²) in [5, 5.41) is 3.36. The van der Waals surface area contributed by atoms with Crippen LogP contribution in [0, 0.1) is 5.92 Å². The lowest BCUT2D eigenvalue weighted by Gasteiger charge is -2.19. The quantitative estimate of drug-likeness (QED) is 0.603. The molecular formula is C8H20N2. The first-order valence-electron chi connectivity index (χ1n) is 4.15. The van der Waals surface area contributed by atoms with E-state index in [0.717, 1.165) is 19.0 Å². The SMILES string of the molecule is CCC(C)C(C)NCCN. The van der Waals surface area contributed by atoms with Gasteiger partial charge in [0.1, 0.15) is 0 Å². The summed E-state index contributed by atoms with van der Waals surface area (Å²) < 4.78 is 0. The van der Waals surface area contributed by atoms with Crippen molar-refractivity contribution < 1.29 is 0 Å². The van der Waals surface area contributed by atoms with Gasteiger partial charge in [-0.2, -0.15) is 0 Å². The lowest BCUT2D eigenvalue weighted by atomic mass is 10.0. The highest BCUT2D eigenvalue weighted by Crippen LogP contribution is 2.05. The van der Waals surface area contributed by atoms with Gasteiger partial charge in [-0.1, -0.05) is 20.3 Å². The molecule has 3 N–H and O–H groups in total. The Kier molecular flexibility index (Phi) is 5.64. The molecule has 0 aliphatic heterocycles. The van der Waals surface area contributed by atoms with Gasteiger partial charge in [0.25, 0.3) is 0 Å². The van der Waals surface area contributed by atoms with E-state index >= 15 is 0 Å². The van der Waals surface area contributed by atoms with Gasteiger partial charge in [-0.15, -0.1) is 0 Å². The normalized spacial score (nSPS) is 16.8. The second kappa shape index (κ2) is 5.69. The monoisotopic (exact) mass is 144 g/mol. The predicted molar refractivity (Wildman–Crippen MR) is 46.0 cm³/mol. The summed E-state index contributed by atoms with van der Waals surface area (Å²) in [6, 6.07) is 0.605. The van der Waals surface area contributed by atoms with Crippen LogP contribution in [0.5, 0.6) is 0 Å². The third kappa shape index (κ3) is 3.85. The standard InChI is InChI=1S/C8H20N2/c1-4-7(2)8(3)10-6-5-9/h7-8,10H,4-6,9H2,1-3H3. The molecule has 2 heteroatoms. The zero-order chi connectivity index (χ0) is 7.98. The molecule has 0 fully saturated rings. The number of hydrogen-bond acceptors (Lipinski definition) is 2. The number of nitrogens with one attached hydrogen (secondary N) is 1. The molecule has 0 amide bonds. The zero-order valence-corrected chi connectivity index (χ0v) is 7.35. The van der Waals surface area contributed by atoms with Crippen molar-refractivity contribution in [2.45, 2.75) is 33.2 Å². The zero-order valence-electron chi connectivity index (χ0n) is 7.35. The maximum absolute atomic E-state index is 5.36. The van der Waals surface area contributed by atoms with Crippen LogP contribution in [0.1, 0.15) is 27.2 Å². The second-order valence-electron chi connectivity index (χ2n) is 2.92. The molecule has 0 aliphatic carbocycles. The van der Waals surface area contributed by atoms with Gasteiger partial charge < -0.3 is 11.1 Å². The van der Waals surface area contributed by atoms with E-state index < -0.39 is 0 Å². The van der Waals surface area contributed by atoms with Crippen LogP contribution >= 0.6 is 0 Å². The van der Waals surface area contributed by atoms with Crippen molar-refractivity contribution in [3.63, 3.8) is 0 Å². The van der Waals surface area contributed by atoms with Gasteiger partial charge in [0, 0.05) is 19.1 Å². The Hall–Kier alpha value is -0.0800. The molecule has 2 atom stereocenters. The van der Waals surface area contributed by atoms with Crippen LogP contribution in [-0.2, 0) is 0 Å². The molecule has 62 valence electrons. The highest BCUT2D eigenvalue weighted by Gasteiger charge is 2.07. The first-order valence-corrected chi connectivity index (χ1v) is 4.15. The summed E-state index contributed by atoms with van der Waals surface area (Å²) in [6.07, 6.45) is 1.23. The smallest absolute Gasteiger partial charge is 0.00770 e. The molecule has 0 aromatic rings. The van der Waals surface area contributed by atoms with Crippen LogP contribution in [0.4, 0.5) is 0 Å². The van der Waals surface area contributed by atoms with Crippen molar-refractivity contribution >= 4 is 0 Å². The van der Waals surface area contributed by atoms with Gasteiger partial charge in [0.15, 0.2) is 0 Å². The van der Waals surface area contributed by atoms with E-state index in [9.17, 15) is 0 Å². The Morgan fingerprint density at radius 1 is 1.40 bits per heavy atom. The summed E-state index contributed by atoms with van der Waals surface area (Å²) in [5.74, 6) is 0.756. The minimum atomic E-state index is 0.605. The summed E-state index contributed by atoms with van der Waals surface area (Å²) >= 11 is 0. The molecule has 0 rings (SSSR count). The van der Waals surface area contributed by atoms with Gasteiger partial charge in [-0.3, -0.25) is 0 Å². The van der Waals surface area contributed by atoms with Gasteiger partial charge in [-0.25, -0.2) is 0 Å². The van der Waals surface area contributed by atoms with E-state index in [-0.39, 0.29) is 0 Å². The molecule has 2 unspecified atom stereocenters. The number of hydrogen-bond donors (Lipinski definition) is 2. The molecule has 0 spiro atoms. The predicted octanol–water partition coefficient (Wildman–Crippen LogP) is 0.969. The van der Waals surface area contributed by atoms with Crippen molar-refractivity contribution in [1.82, 2.24) is 5.32 Å².